The number of amides is 2. The molecule has 1 unspecified atom stereocenters. The van der Waals surface area contributed by atoms with Gasteiger partial charge < -0.3 is 15.7 Å². The van der Waals surface area contributed by atoms with Crippen molar-refractivity contribution in [2.45, 2.75) is 31.8 Å². The zero-order valence-corrected chi connectivity index (χ0v) is 11.3. The first kappa shape index (κ1) is 14.5. The van der Waals surface area contributed by atoms with Gasteiger partial charge in [-0.1, -0.05) is 25.0 Å². The summed E-state index contributed by atoms with van der Waals surface area (Å²) in [5.74, 6) is 0.167. The topological polar surface area (TPSA) is 78.4 Å². The molecule has 1 fully saturated rings. The average molecular weight is 276 g/mol. The van der Waals surface area contributed by atoms with Gasteiger partial charge in [0.15, 0.2) is 0 Å². The second kappa shape index (κ2) is 7.05. The van der Waals surface area contributed by atoms with E-state index in [1.54, 1.807) is 24.3 Å². The van der Waals surface area contributed by atoms with E-state index >= 15 is 0 Å². The third-order valence-corrected chi connectivity index (χ3v) is 3.66. The van der Waals surface area contributed by atoms with Crippen molar-refractivity contribution in [1.82, 2.24) is 5.32 Å². The summed E-state index contributed by atoms with van der Waals surface area (Å²) in [6, 6.07) is 7.09. The molecule has 5 nitrogen and oxygen atoms in total. The van der Waals surface area contributed by atoms with Gasteiger partial charge in [0.05, 0.1) is 6.10 Å². The second-order valence-electron chi connectivity index (χ2n) is 5.14. The van der Waals surface area contributed by atoms with E-state index in [9.17, 15) is 14.7 Å². The highest BCUT2D eigenvalue weighted by atomic mass is 16.3. The summed E-state index contributed by atoms with van der Waals surface area (Å²) in [7, 11) is 0. The number of benzene rings is 1. The van der Waals surface area contributed by atoms with Gasteiger partial charge in [-0.2, -0.15) is 0 Å². The number of aliphatic hydroxyl groups excluding tert-OH is 1. The Morgan fingerprint density at radius 2 is 2.15 bits per heavy atom. The first-order valence-electron chi connectivity index (χ1n) is 6.96. The molecule has 2 amide bonds. The maximum absolute atomic E-state index is 12.0. The Morgan fingerprint density at radius 1 is 1.40 bits per heavy atom. The quantitative estimate of drug-likeness (QED) is 0.690. The minimum atomic E-state index is -0.775. The summed E-state index contributed by atoms with van der Waals surface area (Å²) in [6.07, 6.45) is 3.93. The van der Waals surface area contributed by atoms with E-state index in [0.29, 0.717) is 17.7 Å². The molecule has 0 aliphatic heterocycles. The molecule has 20 heavy (non-hydrogen) atoms. The molecule has 0 aromatic heterocycles. The van der Waals surface area contributed by atoms with Crippen molar-refractivity contribution in [2.75, 3.05) is 11.9 Å². The van der Waals surface area contributed by atoms with Gasteiger partial charge in [0.25, 0.3) is 0 Å². The number of carbonyl (C=O) groups excluding carboxylic acids is 2. The van der Waals surface area contributed by atoms with Crippen LogP contribution >= 0.6 is 0 Å². The standard InChI is InChI=1S/C15H20N2O3/c18-10-16-9-14(19)12-6-3-7-13(8-12)17-15(20)11-4-1-2-5-11/h3,6-8,10-11,14,19H,1-2,4-5,9H2,(H,16,18)(H,17,20). The summed E-state index contributed by atoms with van der Waals surface area (Å²) < 4.78 is 0. The summed E-state index contributed by atoms with van der Waals surface area (Å²) in [6.45, 7) is 0.156. The number of carbonyl (C=O) groups is 2. The number of hydrogen-bond donors (Lipinski definition) is 3. The fourth-order valence-corrected chi connectivity index (χ4v) is 2.53. The lowest BCUT2D eigenvalue weighted by molar-refractivity contribution is -0.119. The van der Waals surface area contributed by atoms with Gasteiger partial charge in [-0.05, 0) is 30.5 Å². The first-order chi connectivity index (χ1) is 9.70. The van der Waals surface area contributed by atoms with E-state index in [0.717, 1.165) is 25.7 Å². The van der Waals surface area contributed by atoms with E-state index in [1.807, 2.05) is 0 Å². The van der Waals surface area contributed by atoms with Gasteiger partial charge >= 0.3 is 0 Å². The third kappa shape index (κ3) is 3.81. The second-order valence-corrected chi connectivity index (χ2v) is 5.14. The Bertz CT molecular complexity index is 470. The Hall–Kier alpha value is -1.88. The molecule has 5 heteroatoms. The SMILES string of the molecule is O=CNCC(O)c1cccc(NC(=O)C2CCCC2)c1. The van der Waals surface area contributed by atoms with E-state index in [2.05, 4.69) is 10.6 Å². The maximum atomic E-state index is 12.0. The molecule has 2 rings (SSSR count). The van der Waals surface area contributed by atoms with Crippen molar-refractivity contribution >= 4 is 18.0 Å². The maximum Gasteiger partial charge on any atom is 0.227 e. The van der Waals surface area contributed by atoms with Crippen LogP contribution in [0, 0.1) is 5.92 Å². The molecule has 1 aromatic rings. The van der Waals surface area contributed by atoms with Crippen molar-refractivity contribution in [3.05, 3.63) is 29.8 Å². The zero-order chi connectivity index (χ0) is 14.4. The van der Waals surface area contributed by atoms with Crippen LogP contribution in [0.5, 0.6) is 0 Å². The smallest absolute Gasteiger partial charge is 0.227 e. The van der Waals surface area contributed by atoms with Crippen LogP contribution in [-0.4, -0.2) is 24.0 Å². The van der Waals surface area contributed by atoms with Crippen molar-refractivity contribution < 1.29 is 14.7 Å². The summed E-state index contributed by atoms with van der Waals surface area (Å²) in [5, 5.41) is 15.2. The van der Waals surface area contributed by atoms with Gasteiger partial charge in [-0.25, -0.2) is 0 Å². The van der Waals surface area contributed by atoms with Crippen molar-refractivity contribution in [3.63, 3.8) is 0 Å². The molecule has 0 saturated heterocycles. The van der Waals surface area contributed by atoms with Crippen LogP contribution in [-0.2, 0) is 9.59 Å². The van der Waals surface area contributed by atoms with Crippen LogP contribution in [0.25, 0.3) is 0 Å². The van der Waals surface area contributed by atoms with Gasteiger partial charge in [-0.15, -0.1) is 0 Å². The predicted molar refractivity (Wildman–Crippen MR) is 76.1 cm³/mol. The molecule has 3 N–H and O–H groups in total. The zero-order valence-electron chi connectivity index (χ0n) is 11.3. The van der Waals surface area contributed by atoms with Crippen LogP contribution in [0.15, 0.2) is 24.3 Å². The van der Waals surface area contributed by atoms with Crippen LogP contribution in [0.4, 0.5) is 5.69 Å². The average Bonchev–Trinajstić information content (AvgIpc) is 2.99. The molecule has 1 atom stereocenters. The Kier molecular flexibility index (Phi) is 5.12. The fraction of sp³-hybridized carbons (Fsp3) is 0.467. The molecular weight excluding hydrogens is 256 g/mol. The monoisotopic (exact) mass is 276 g/mol. The van der Waals surface area contributed by atoms with Crippen LogP contribution in [0.2, 0.25) is 0 Å². The molecule has 0 bridgehead atoms. The normalized spacial score (nSPS) is 16.6. The highest BCUT2D eigenvalue weighted by Crippen LogP contribution is 2.26. The number of aliphatic hydroxyl groups is 1. The lowest BCUT2D eigenvalue weighted by Gasteiger charge is -2.14. The minimum absolute atomic E-state index is 0.0557. The van der Waals surface area contributed by atoms with E-state index in [1.165, 1.54) is 0 Å². The lowest BCUT2D eigenvalue weighted by atomic mass is 10.1. The largest absolute Gasteiger partial charge is 0.387 e. The van der Waals surface area contributed by atoms with E-state index in [4.69, 9.17) is 0 Å². The summed E-state index contributed by atoms with van der Waals surface area (Å²) in [5.41, 5.74) is 1.35. The molecule has 1 aromatic carbocycles. The Morgan fingerprint density at radius 3 is 2.85 bits per heavy atom. The summed E-state index contributed by atoms with van der Waals surface area (Å²) in [4.78, 5) is 22.3. The number of hydrogen-bond acceptors (Lipinski definition) is 3. The number of nitrogens with one attached hydrogen (secondary N) is 2. The van der Waals surface area contributed by atoms with Crippen molar-refractivity contribution in [3.8, 4) is 0 Å². The first-order valence-corrected chi connectivity index (χ1v) is 6.96. The number of anilines is 1. The molecule has 1 aliphatic rings. The fourth-order valence-electron chi connectivity index (χ4n) is 2.53. The van der Waals surface area contributed by atoms with Crippen LogP contribution in [0.3, 0.4) is 0 Å². The highest BCUT2D eigenvalue weighted by Gasteiger charge is 2.22. The van der Waals surface area contributed by atoms with Gasteiger partial charge in [0, 0.05) is 18.2 Å². The minimum Gasteiger partial charge on any atom is -0.387 e. The molecule has 1 saturated carbocycles. The van der Waals surface area contributed by atoms with Gasteiger partial charge in [-0.3, -0.25) is 9.59 Å². The Balaban J connectivity index is 1.98. The predicted octanol–water partition coefficient (Wildman–Crippen LogP) is 1.59. The number of rotatable bonds is 6. The third-order valence-electron chi connectivity index (χ3n) is 3.66. The van der Waals surface area contributed by atoms with Crippen molar-refractivity contribution in [2.24, 2.45) is 5.92 Å². The molecule has 1 aliphatic carbocycles. The molecule has 0 heterocycles. The van der Waals surface area contributed by atoms with Gasteiger partial charge in [0.2, 0.25) is 12.3 Å². The molecule has 108 valence electrons. The van der Waals surface area contributed by atoms with Gasteiger partial charge in [0.1, 0.15) is 0 Å². The summed E-state index contributed by atoms with van der Waals surface area (Å²) >= 11 is 0. The Labute approximate surface area is 118 Å². The molecular formula is C15H20N2O3. The highest BCUT2D eigenvalue weighted by molar-refractivity contribution is 5.92. The van der Waals surface area contributed by atoms with Crippen molar-refractivity contribution in [1.29, 1.82) is 0 Å². The molecule has 0 spiro atoms. The van der Waals surface area contributed by atoms with Crippen LogP contribution < -0.4 is 10.6 Å². The van der Waals surface area contributed by atoms with Crippen LogP contribution in [0.1, 0.15) is 37.4 Å². The molecule has 0 radical (unpaired) electrons. The van der Waals surface area contributed by atoms with E-state index < -0.39 is 6.10 Å². The lowest BCUT2D eigenvalue weighted by Crippen LogP contribution is -2.21. The van der Waals surface area contributed by atoms with E-state index in [-0.39, 0.29) is 18.4 Å².